The number of nitrogens with zero attached hydrogens (tertiary/aromatic N) is 6. The zero-order valence-electron chi connectivity index (χ0n) is 21.0. The van der Waals surface area contributed by atoms with Gasteiger partial charge in [0.2, 0.25) is 5.13 Å². The van der Waals surface area contributed by atoms with Gasteiger partial charge in [-0.1, -0.05) is 11.3 Å². The van der Waals surface area contributed by atoms with Crippen LogP contribution < -0.4 is 9.64 Å². The van der Waals surface area contributed by atoms with E-state index >= 15 is 0 Å². The van der Waals surface area contributed by atoms with Crippen molar-refractivity contribution in [3.63, 3.8) is 0 Å². The van der Waals surface area contributed by atoms with Crippen molar-refractivity contribution < 1.29 is 14.3 Å². The second kappa shape index (κ2) is 12.7. The number of hydrogen-bond acceptors (Lipinski definition) is 10. The van der Waals surface area contributed by atoms with Gasteiger partial charge in [0.05, 0.1) is 27.3 Å². The molecule has 0 saturated carbocycles. The summed E-state index contributed by atoms with van der Waals surface area (Å²) >= 11 is 1.42. The quantitative estimate of drug-likeness (QED) is 0.114. The van der Waals surface area contributed by atoms with Gasteiger partial charge in [0.25, 0.3) is 0 Å². The van der Waals surface area contributed by atoms with Crippen LogP contribution >= 0.6 is 11.3 Å². The van der Waals surface area contributed by atoms with E-state index in [9.17, 15) is 4.79 Å². The Bertz CT molecular complexity index is 1380. The zero-order valence-corrected chi connectivity index (χ0v) is 21.8. The Morgan fingerprint density at radius 2 is 1.43 bits per heavy atom. The van der Waals surface area contributed by atoms with Crippen LogP contribution in [0.25, 0.3) is 10.2 Å². The molecule has 0 aliphatic carbocycles. The van der Waals surface area contributed by atoms with Gasteiger partial charge in [0, 0.05) is 25.7 Å². The van der Waals surface area contributed by atoms with Crippen molar-refractivity contribution in [3.8, 4) is 5.75 Å². The average Bonchev–Trinajstić information content (AvgIpc) is 3.33. The summed E-state index contributed by atoms with van der Waals surface area (Å²) in [4.78, 5) is 17.6. The van der Waals surface area contributed by atoms with Gasteiger partial charge in [-0.15, -0.1) is 10.2 Å². The lowest BCUT2D eigenvalue weighted by Gasteiger charge is -2.20. The van der Waals surface area contributed by atoms with Gasteiger partial charge in [-0.25, -0.2) is 4.98 Å². The number of thiazole rings is 1. The topological polar surface area (TPSA) is 101 Å². The summed E-state index contributed by atoms with van der Waals surface area (Å²) in [5.74, 6) is 0.351. The standard InChI is InChI=1S/C27H28N6O3S/c1-4-33(5-2)23-12-10-22(11-13-23)30-29-20-6-8-21(9-7-20)31-32-27-28-25-15-14-24(18-26(25)37-27)36-17-16-35-19(3)34/h6-15,18H,4-5,16-17H2,1-3H3. The van der Waals surface area contributed by atoms with Crippen LogP contribution in [0.1, 0.15) is 20.8 Å². The summed E-state index contributed by atoms with van der Waals surface area (Å²) in [5.41, 5.74) is 4.21. The number of carbonyl (C=O) groups is 1. The van der Waals surface area contributed by atoms with E-state index < -0.39 is 0 Å². The number of esters is 1. The van der Waals surface area contributed by atoms with Crippen LogP contribution in [-0.4, -0.2) is 37.3 Å². The van der Waals surface area contributed by atoms with E-state index in [0.29, 0.717) is 16.6 Å². The number of ether oxygens (including phenoxy) is 2. The van der Waals surface area contributed by atoms with Gasteiger partial charge in [0.15, 0.2) is 0 Å². The molecule has 1 aromatic heterocycles. The summed E-state index contributed by atoms with van der Waals surface area (Å²) in [6.07, 6.45) is 0. The van der Waals surface area contributed by atoms with Crippen molar-refractivity contribution in [2.45, 2.75) is 20.8 Å². The Balaban J connectivity index is 1.34. The Hall–Kier alpha value is -4.18. The second-order valence-corrected chi connectivity index (χ2v) is 8.93. The van der Waals surface area contributed by atoms with Gasteiger partial charge in [-0.3, -0.25) is 4.79 Å². The first-order valence-electron chi connectivity index (χ1n) is 12.0. The Labute approximate surface area is 219 Å². The monoisotopic (exact) mass is 516 g/mol. The average molecular weight is 517 g/mol. The number of aromatic nitrogens is 1. The maximum Gasteiger partial charge on any atom is 0.302 e. The summed E-state index contributed by atoms with van der Waals surface area (Å²) in [6.45, 7) is 8.08. The van der Waals surface area contributed by atoms with Gasteiger partial charge in [0.1, 0.15) is 19.0 Å². The van der Waals surface area contributed by atoms with Gasteiger partial charge < -0.3 is 14.4 Å². The summed E-state index contributed by atoms with van der Waals surface area (Å²) in [7, 11) is 0. The molecule has 37 heavy (non-hydrogen) atoms. The summed E-state index contributed by atoms with van der Waals surface area (Å²) in [6, 6.07) is 21.0. The fourth-order valence-electron chi connectivity index (χ4n) is 3.49. The van der Waals surface area contributed by atoms with E-state index in [1.807, 2.05) is 54.6 Å². The maximum absolute atomic E-state index is 10.8. The number of benzene rings is 3. The Kier molecular flexibility index (Phi) is 8.88. The fraction of sp³-hybridized carbons (Fsp3) is 0.259. The normalized spacial score (nSPS) is 11.4. The highest BCUT2D eigenvalue weighted by Crippen LogP contribution is 2.32. The molecule has 0 bridgehead atoms. The van der Waals surface area contributed by atoms with Gasteiger partial charge >= 0.3 is 5.97 Å². The van der Waals surface area contributed by atoms with Crippen LogP contribution in [0.2, 0.25) is 0 Å². The summed E-state index contributed by atoms with van der Waals surface area (Å²) in [5, 5.41) is 17.8. The predicted octanol–water partition coefficient (Wildman–Crippen LogP) is 7.92. The molecule has 0 radical (unpaired) electrons. The first kappa shape index (κ1) is 25.9. The van der Waals surface area contributed by atoms with Crippen LogP contribution in [0.15, 0.2) is 87.2 Å². The molecule has 0 fully saturated rings. The van der Waals surface area contributed by atoms with E-state index in [-0.39, 0.29) is 19.2 Å². The minimum atomic E-state index is -0.327. The molecule has 4 rings (SSSR count). The van der Waals surface area contributed by atoms with Crippen molar-refractivity contribution in [1.82, 2.24) is 4.98 Å². The molecule has 4 aromatic rings. The number of azo groups is 2. The molecular weight excluding hydrogens is 488 g/mol. The molecule has 0 amide bonds. The third-order valence-corrected chi connectivity index (χ3v) is 6.27. The molecule has 0 saturated heterocycles. The molecule has 10 heteroatoms. The van der Waals surface area contributed by atoms with Crippen molar-refractivity contribution in [2.24, 2.45) is 20.5 Å². The summed E-state index contributed by atoms with van der Waals surface area (Å²) < 4.78 is 11.4. The van der Waals surface area contributed by atoms with E-state index in [0.717, 1.165) is 34.7 Å². The zero-order chi connectivity index (χ0) is 26.0. The van der Waals surface area contributed by atoms with Crippen LogP contribution in [0, 0.1) is 0 Å². The minimum Gasteiger partial charge on any atom is -0.490 e. The third-order valence-electron chi connectivity index (χ3n) is 5.37. The third kappa shape index (κ3) is 7.40. The molecule has 0 aliphatic heterocycles. The van der Waals surface area contributed by atoms with E-state index in [1.165, 1.54) is 23.9 Å². The lowest BCUT2D eigenvalue weighted by Crippen LogP contribution is -2.21. The molecule has 0 unspecified atom stereocenters. The first-order chi connectivity index (χ1) is 18.0. The Morgan fingerprint density at radius 3 is 2.03 bits per heavy atom. The number of carbonyl (C=O) groups excluding carboxylic acids is 1. The largest absolute Gasteiger partial charge is 0.490 e. The molecule has 9 nitrogen and oxygen atoms in total. The fourth-order valence-corrected chi connectivity index (χ4v) is 4.31. The maximum atomic E-state index is 10.8. The molecule has 1 heterocycles. The van der Waals surface area contributed by atoms with Gasteiger partial charge in [-0.2, -0.15) is 10.2 Å². The van der Waals surface area contributed by atoms with E-state index in [2.05, 4.69) is 56.3 Å². The van der Waals surface area contributed by atoms with Crippen molar-refractivity contribution in [1.29, 1.82) is 0 Å². The highest BCUT2D eigenvalue weighted by Gasteiger charge is 2.06. The molecule has 0 spiro atoms. The van der Waals surface area contributed by atoms with Crippen molar-refractivity contribution in [3.05, 3.63) is 66.7 Å². The smallest absolute Gasteiger partial charge is 0.302 e. The molecule has 190 valence electrons. The van der Waals surface area contributed by atoms with Gasteiger partial charge in [-0.05, 0) is 80.6 Å². The molecule has 0 aliphatic rings. The second-order valence-electron chi connectivity index (χ2n) is 7.92. The number of rotatable bonds is 11. The Morgan fingerprint density at radius 1 is 0.838 bits per heavy atom. The van der Waals surface area contributed by atoms with Crippen LogP contribution in [0.4, 0.5) is 27.9 Å². The number of anilines is 1. The number of fused-ring (bicyclic) bond motifs is 1. The predicted molar refractivity (Wildman–Crippen MR) is 147 cm³/mol. The molecule has 0 N–H and O–H groups in total. The molecule has 0 atom stereocenters. The lowest BCUT2D eigenvalue weighted by atomic mass is 10.2. The lowest BCUT2D eigenvalue weighted by molar-refractivity contribution is -0.141. The van der Waals surface area contributed by atoms with Crippen LogP contribution in [-0.2, 0) is 9.53 Å². The van der Waals surface area contributed by atoms with Crippen molar-refractivity contribution in [2.75, 3.05) is 31.2 Å². The minimum absolute atomic E-state index is 0.208. The highest BCUT2D eigenvalue weighted by atomic mass is 32.1. The molecule has 3 aromatic carbocycles. The highest BCUT2D eigenvalue weighted by molar-refractivity contribution is 7.21. The number of hydrogen-bond donors (Lipinski definition) is 0. The van der Waals surface area contributed by atoms with E-state index in [4.69, 9.17) is 9.47 Å². The van der Waals surface area contributed by atoms with Crippen molar-refractivity contribution >= 4 is 55.4 Å². The SMILES string of the molecule is CCN(CC)c1ccc(N=Nc2ccc(N=Nc3nc4ccc(OCCOC(C)=O)cc4s3)cc2)cc1. The van der Waals surface area contributed by atoms with Crippen LogP contribution in [0.3, 0.4) is 0 Å². The van der Waals surface area contributed by atoms with Crippen LogP contribution in [0.5, 0.6) is 5.75 Å². The first-order valence-corrected chi connectivity index (χ1v) is 12.8. The molecular formula is C27H28N6O3S. The van der Waals surface area contributed by atoms with E-state index in [1.54, 1.807) is 0 Å².